The first kappa shape index (κ1) is 18.2. The summed E-state index contributed by atoms with van der Waals surface area (Å²) >= 11 is 0. The predicted octanol–water partition coefficient (Wildman–Crippen LogP) is 1.07. The maximum atomic E-state index is 13.9. The zero-order chi connectivity index (χ0) is 15.4. The highest BCUT2D eigenvalue weighted by Gasteiger charge is 2.24. The molecule has 2 N–H and O–H groups in total. The number of carbonyl (C=O) groups excluding carboxylic acids is 2. The number of hydrogen-bond acceptors (Lipinski definition) is 3. The van der Waals surface area contributed by atoms with Crippen LogP contribution in [0.15, 0.2) is 18.2 Å². The lowest BCUT2D eigenvalue weighted by molar-refractivity contribution is 0.0792. The van der Waals surface area contributed by atoms with E-state index in [4.69, 9.17) is 0 Å². The van der Waals surface area contributed by atoms with Gasteiger partial charge in [-0.25, -0.2) is 9.18 Å². The molecule has 3 amide bonds. The summed E-state index contributed by atoms with van der Waals surface area (Å²) in [6.07, 6.45) is 0. The van der Waals surface area contributed by atoms with Crippen molar-refractivity contribution < 1.29 is 14.0 Å². The van der Waals surface area contributed by atoms with Gasteiger partial charge in [-0.1, -0.05) is 0 Å². The highest BCUT2D eigenvalue weighted by molar-refractivity contribution is 5.98. The summed E-state index contributed by atoms with van der Waals surface area (Å²) in [5.74, 6) is -0.983. The van der Waals surface area contributed by atoms with Gasteiger partial charge in [0.2, 0.25) is 0 Å². The zero-order valence-electron chi connectivity index (χ0n) is 12.6. The minimum atomic E-state index is -0.584. The molecule has 0 bridgehead atoms. The van der Waals surface area contributed by atoms with Crippen molar-refractivity contribution in [2.45, 2.75) is 0 Å². The molecule has 0 spiro atoms. The molecule has 8 heteroatoms. The number of hydrogen-bond donors (Lipinski definition) is 2. The van der Waals surface area contributed by atoms with Gasteiger partial charge in [-0.3, -0.25) is 9.69 Å². The van der Waals surface area contributed by atoms with Gasteiger partial charge < -0.3 is 15.5 Å². The fourth-order valence-corrected chi connectivity index (χ4v) is 2.15. The second-order valence-electron chi connectivity index (χ2n) is 4.88. The van der Waals surface area contributed by atoms with E-state index in [1.807, 2.05) is 0 Å². The molecule has 0 unspecified atom stereocenters. The normalized spacial score (nSPS) is 13.6. The number of halogens is 2. The van der Waals surface area contributed by atoms with Crippen LogP contribution in [-0.4, -0.2) is 57.1 Å². The van der Waals surface area contributed by atoms with Gasteiger partial charge in [0.05, 0.1) is 5.56 Å². The van der Waals surface area contributed by atoms with Crippen molar-refractivity contribution in [1.82, 2.24) is 15.5 Å². The Hall–Kier alpha value is -1.86. The van der Waals surface area contributed by atoms with Crippen LogP contribution >= 0.6 is 12.4 Å². The van der Waals surface area contributed by atoms with Gasteiger partial charge in [-0.2, -0.15) is 0 Å². The molecule has 1 aliphatic heterocycles. The second-order valence-corrected chi connectivity index (χ2v) is 4.88. The average molecular weight is 331 g/mol. The third kappa shape index (κ3) is 3.86. The molecule has 0 aliphatic carbocycles. The Labute approximate surface area is 135 Å². The van der Waals surface area contributed by atoms with Gasteiger partial charge >= 0.3 is 6.03 Å². The van der Waals surface area contributed by atoms with Gasteiger partial charge in [0.15, 0.2) is 0 Å². The Morgan fingerprint density at radius 1 is 1.50 bits per heavy atom. The van der Waals surface area contributed by atoms with E-state index in [1.54, 1.807) is 14.1 Å². The number of urea groups is 1. The number of rotatable bonds is 5. The maximum Gasteiger partial charge on any atom is 0.321 e. The Bertz CT molecular complexity index is 556. The quantitative estimate of drug-likeness (QED) is 0.849. The Morgan fingerprint density at radius 3 is 2.82 bits per heavy atom. The molecule has 0 saturated carbocycles. The van der Waals surface area contributed by atoms with Crippen molar-refractivity contribution in [3.8, 4) is 0 Å². The summed E-state index contributed by atoms with van der Waals surface area (Å²) in [5, 5.41) is 5.60. The van der Waals surface area contributed by atoms with Crippen LogP contribution in [0.4, 0.5) is 14.9 Å². The van der Waals surface area contributed by atoms with E-state index in [-0.39, 0.29) is 24.0 Å². The lowest BCUT2D eigenvalue weighted by Crippen LogP contribution is -2.33. The van der Waals surface area contributed by atoms with Gasteiger partial charge in [-0.05, 0) is 25.2 Å². The van der Waals surface area contributed by atoms with Crippen LogP contribution in [0.5, 0.6) is 0 Å². The SMILES string of the molecule is CNCCN(C)C(=O)c1cc(N2CCNC2=O)ccc1F.Cl. The van der Waals surface area contributed by atoms with Crippen molar-refractivity contribution in [2.75, 3.05) is 45.2 Å². The lowest BCUT2D eigenvalue weighted by Gasteiger charge is -2.19. The summed E-state index contributed by atoms with van der Waals surface area (Å²) in [7, 11) is 3.40. The van der Waals surface area contributed by atoms with Crippen LogP contribution in [0.3, 0.4) is 0 Å². The van der Waals surface area contributed by atoms with E-state index in [1.165, 1.54) is 28.0 Å². The molecular formula is C14H20ClFN4O2. The molecule has 1 aliphatic rings. The highest BCUT2D eigenvalue weighted by atomic mass is 35.5. The molecule has 1 saturated heterocycles. The number of benzene rings is 1. The summed E-state index contributed by atoms with van der Waals surface area (Å²) in [5.41, 5.74) is 0.502. The average Bonchev–Trinajstić information content (AvgIpc) is 2.90. The predicted molar refractivity (Wildman–Crippen MR) is 85.3 cm³/mol. The largest absolute Gasteiger partial charge is 0.340 e. The van der Waals surface area contributed by atoms with Crippen LogP contribution in [0.1, 0.15) is 10.4 Å². The van der Waals surface area contributed by atoms with E-state index < -0.39 is 11.7 Å². The molecule has 6 nitrogen and oxygen atoms in total. The molecule has 0 atom stereocenters. The number of likely N-dealkylation sites (N-methyl/N-ethyl adjacent to an activating group) is 2. The number of carbonyl (C=O) groups is 2. The second kappa shape index (κ2) is 7.95. The molecule has 0 aromatic heterocycles. The Balaban J connectivity index is 0.00000242. The highest BCUT2D eigenvalue weighted by Crippen LogP contribution is 2.21. The van der Waals surface area contributed by atoms with Crippen LogP contribution in [0, 0.1) is 5.82 Å². The molecule has 0 radical (unpaired) electrons. The van der Waals surface area contributed by atoms with E-state index in [2.05, 4.69) is 10.6 Å². The first-order valence-corrected chi connectivity index (χ1v) is 6.79. The smallest absolute Gasteiger partial charge is 0.321 e. The lowest BCUT2D eigenvalue weighted by atomic mass is 10.1. The fourth-order valence-electron chi connectivity index (χ4n) is 2.15. The van der Waals surface area contributed by atoms with Crippen molar-refractivity contribution in [3.05, 3.63) is 29.6 Å². The molecule has 1 heterocycles. The van der Waals surface area contributed by atoms with Gasteiger partial charge in [-0.15, -0.1) is 12.4 Å². The summed E-state index contributed by atoms with van der Waals surface area (Å²) in [6.45, 7) is 2.15. The van der Waals surface area contributed by atoms with E-state index in [0.29, 0.717) is 31.9 Å². The molecule has 122 valence electrons. The monoisotopic (exact) mass is 330 g/mol. The van der Waals surface area contributed by atoms with Crippen LogP contribution in [0.2, 0.25) is 0 Å². The van der Waals surface area contributed by atoms with Crippen molar-refractivity contribution >= 4 is 30.0 Å². The van der Waals surface area contributed by atoms with Gasteiger partial charge in [0.1, 0.15) is 5.82 Å². The van der Waals surface area contributed by atoms with E-state index >= 15 is 0 Å². The fraction of sp³-hybridized carbons (Fsp3) is 0.429. The molecule has 1 fully saturated rings. The summed E-state index contributed by atoms with van der Waals surface area (Å²) in [4.78, 5) is 26.8. The van der Waals surface area contributed by atoms with E-state index in [0.717, 1.165) is 0 Å². The Morgan fingerprint density at radius 2 is 2.23 bits per heavy atom. The molecule has 2 rings (SSSR count). The van der Waals surface area contributed by atoms with E-state index in [9.17, 15) is 14.0 Å². The molecular weight excluding hydrogens is 311 g/mol. The van der Waals surface area contributed by atoms with Crippen LogP contribution in [-0.2, 0) is 0 Å². The third-order valence-electron chi connectivity index (χ3n) is 3.39. The first-order valence-electron chi connectivity index (χ1n) is 6.79. The van der Waals surface area contributed by atoms with Crippen molar-refractivity contribution in [3.63, 3.8) is 0 Å². The van der Waals surface area contributed by atoms with Crippen LogP contribution in [0.25, 0.3) is 0 Å². The third-order valence-corrected chi connectivity index (χ3v) is 3.39. The Kier molecular flexibility index (Phi) is 6.58. The van der Waals surface area contributed by atoms with Crippen LogP contribution < -0.4 is 15.5 Å². The maximum absolute atomic E-state index is 13.9. The topological polar surface area (TPSA) is 64.7 Å². The molecule has 1 aromatic carbocycles. The summed E-state index contributed by atoms with van der Waals surface area (Å²) in [6, 6.07) is 3.92. The minimum absolute atomic E-state index is 0. The molecule has 1 aromatic rings. The van der Waals surface area contributed by atoms with Gasteiger partial charge in [0.25, 0.3) is 5.91 Å². The standard InChI is InChI=1S/C14H19FN4O2.ClH/c1-16-5-7-18(2)13(20)11-9-10(3-4-12(11)15)19-8-6-17-14(19)21;/h3-4,9,16H,5-8H2,1-2H3,(H,17,21);1H. The summed E-state index contributed by atoms with van der Waals surface area (Å²) < 4.78 is 13.9. The first-order chi connectivity index (χ1) is 10.0. The zero-order valence-corrected chi connectivity index (χ0v) is 13.4. The number of anilines is 1. The van der Waals surface area contributed by atoms with Crippen molar-refractivity contribution in [2.24, 2.45) is 0 Å². The number of nitrogens with zero attached hydrogens (tertiary/aromatic N) is 2. The molecule has 22 heavy (non-hydrogen) atoms. The number of amides is 3. The van der Waals surface area contributed by atoms with Gasteiger partial charge in [0, 0.05) is 38.9 Å². The number of nitrogens with one attached hydrogen (secondary N) is 2. The van der Waals surface area contributed by atoms with Crippen molar-refractivity contribution in [1.29, 1.82) is 0 Å². The minimum Gasteiger partial charge on any atom is -0.340 e.